The smallest absolute Gasteiger partial charge is 0.278 e. The molecule has 0 radical (unpaired) electrons. The normalized spacial score (nSPS) is 19.4. The zero-order valence-corrected chi connectivity index (χ0v) is 14.9. The van der Waals surface area contributed by atoms with E-state index in [4.69, 9.17) is 4.42 Å². The van der Waals surface area contributed by atoms with Gasteiger partial charge in [0.15, 0.2) is 0 Å². The van der Waals surface area contributed by atoms with Crippen molar-refractivity contribution in [2.24, 2.45) is 5.92 Å². The lowest BCUT2D eigenvalue weighted by Gasteiger charge is -2.32. The molecule has 0 aromatic carbocycles. The van der Waals surface area contributed by atoms with Gasteiger partial charge in [-0.2, -0.15) is 0 Å². The van der Waals surface area contributed by atoms with Crippen molar-refractivity contribution in [3.05, 3.63) is 52.2 Å². The topological polar surface area (TPSA) is 53.8 Å². The van der Waals surface area contributed by atoms with Crippen molar-refractivity contribution in [2.75, 3.05) is 13.1 Å². The van der Waals surface area contributed by atoms with Gasteiger partial charge in [-0.15, -0.1) is 11.3 Å². The molecule has 2 aliphatic heterocycles. The molecule has 2 aliphatic rings. The molecule has 0 aliphatic carbocycles. The van der Waals surface area contributed by atoms with Crippen molar-refractivity contribution in [3.8, 4) is 0 Å². The molecule has 1 fully saturated rings. The number of carbonyl (C=O) groups excluding carboxylic acids is 2. The van der Waals surface area contributed by atoms with Gasteiger partial charge in [0.25, 0.3) is 11.8 Å². The number of piperidine rings is 1. The summed E-state index contributed by atoms with van der Waals surface area (Å²) in [5, 5.41) is 1.94. The maximum Gasteiger partial charge on any atom is 0.278 e. The number of amides is 2. The van der Waals surface area contributed by atoms with Crippen LogP contribution < -0.4 is 0 Å². The first-order chi connectivity index (χ1) is 12.1. The van der Waals surface area contributed by atoms with Crippen molar-refractivity contribution in [1.82, 2.24) is 9.80 Å². The van der Waals surface area contributed by atoms with E-state index in [0.717, 1.165) is 30.8 Å². The highest BCUT2D eigenvalue weighted by Gasteiger charge is 2.42. The lowest BCUT2D eigenvalue weighted by molar-refractivity contribution is -0.138. The van der Waals surface area contributed by atoms with Crippen LogP contribution in [-0.2, 0) is 16.1 Å². The summed E-state index contributed by atoms with van der Waals surface area (Å²) in [7, 11) is 0. The highest BCUT2D eigenvalue weighted by atomic mass is 32.1. The number of thiophene rings is 1. The molecule has 0 bridgehead atoms. The number of likely N-dealkylation sites (tertiary alicyclic amines) is 1. The van der Waals surface area contributed by atoms with Crippen LogP contribution in [0.15, 0.2) is 46.0 Å². The molecule has 2 amide bonds. The van der Waals surface area contributed by atoms with Crippen LogP contribution in [0.1, 0.15) is 30.4 Å². The van der Waals surface area contributed by atoms with Gasteiger partial charge in [0.1, 0.15) is 11.5 Å². The molecule has 25 heavy (non-hydrogen) atoms. The third-order valence-corrected chi connectivity index (χ3v) is 5.79. The summed E-state index contributed by atoms with van der Waals surface area (Å²) in [4.78, 5) is 30.4. The van der Waals surface area contributed by atoms with Gasteiger partial charge in [-0.3, -0.25) is 14.5 Å². The van der Waals surface area contributed by atoms with Crippen molar-refractivity contribution < 1.29 is 14.0 Å². The average molecular weight is 356 g/mol. The molecule has 1 saturated heterocycles. The Balaban J connectivity index is 1.70. The highest BCUT2D eigenvalue weighted by Crippen LogP contribution is 2.36. The van der Waals surface area contributed by atoms with Crippen molar-refractivity contribution >= 4 is 28.7 Å². The quantitative estimate of drug-likeness (QED) is 0.789. The molecule has 4 rings (SSSR count). The maximum absolute atomic E-state index is 13.1. The predicted octanol–water partition coefficient (Wildman–Crippen LogP) is 3.35. The van der Waals surface area contributed by atoms with E-state index in [1.54, 1.807) is 18.4 Å². The maximum atomic E-state index is 13.1. The Morgan fingerprint density at radius 2 is 1.96 bits per heavy atom. The van der Waals surface area contributed by atoms with Gasteiger partial charge in [-0.05, 0) is 42.3 Å². The molecular formula is C19H20N2O3S. The first-order valence-corrected chi connectivity index (χ1v) is 9.45. The van der Waals surface area contributed by atoms with E-state index in [1.165, 1.54) is 16.2 Å². The Hall–Kier alpha value is -2.34. The van der Waals surface area contributed by atoms with Gasteiger partial charge in [-0.1, -0.05) is 13.0 Å². The fourth-order valence-electron chi connectivity index (χ4n) is 3.43. The second-order valence-corrected chi connectivity index (χ2v) is 7.59. The van der Waals surface area contributed by atoms with E-state index in [9.17, 15) is 9.59 Å². The third-order valence-electron chi connectivity index (χ3n) is 4.91. The number of imide groups is 1. The zero-order valence-electron chi connectivity index (χ0n) is 14.1. The molecule has 5 nitrogen and oxygen atoms in total. The van der Waals surface area contributed by atoms with Gasteiger partial charge in [0.2, 0.25) is 0 Å². The molecule has 0 atom stereocenters. The largest absolute Gasteiger partial charge is 0.467 e. The fourth-order valence-corrected chi connectivity index (χ4v) is 4.20. The van der Waals surface area contributed by atoms with Crippen LogP contribution in [0.4, 0.5) is 0 Å². The highest BCUT2D eigenvalue weighted by molar-refractivity contribution is 7.11. The first-order valence-electron chi connectivity index (χ1n) is 8.57. The molecule has 6 heteroatoms. The van der Waals surface area contributed by atoms with Crippen LogP contribution in [0.2, 0.25) is 0 Å². The molecule has 0 unspecified atom stereocenters. The summed E-state index contributed by atoms with van der Waals surface area (Å²) in [6.45, 7) is 4.04. The van der Waals surface area contributed by atoms with Crippen molar-refractivity contribution in [1.29, 1.82) is 0 Å². The minimum Gasteiger partial charge on any atom is -0.467 e. The Kier molecular flexibility index (Phi) is 4.21. The average Bonchev–Trinajstić information content (AvgIpc) is 3.34. The number of hydrogen-bond donors (Lipinski definition) is 0. The summed E-state index contributed by atoms with van der Waals surface area (Å²) >= 11 is 1.50. The lowest BCUT2D eigenvalue weighted by Crippen LogP contribution is -2.38. The SMILES string of the molecule is CC1CCN(C2=C(c3cccs3)C(=O)N(Cc3ccco3)C2=O)CC1. The molecule has 0 N–H and O–H groups in total. The van der Waals surface area contributed by atoms with E-state index in [1.807, 2.05) is 17.5 Å². The minimum atomic E-state index is -0.225. The van der Waals surface area contributed by atoms with Gasteiger partial charge < -0.3 is 9.32 Å². The number of carbonyl (C=O) groups is 2. The molecule has 0 saturated carbocycles. The number of rotatable bonds is 4. The third kappa shape index (κ3) is 2.91. The molecule has 2 aromatic heterocycles. The van der Waals surface area contributed by atoms with Gasteiger partial charge in [0, 0.05) is 18.0 Å². The van der Waals surface area contributed by atoms with Gasteiger partial charge in [0.05, 0.1) is 18.4 Å². The number of furan rings is 1. The molecular weight excluding hydrogens is 336 g/mol. The fraction of sp³-hybridized carbons (Fsp3) is 0.368. The minimum absolute atomic E-state index is 0.174. The Bertz CT molecular complexity index is 800. The van der Waals surface area contributed by atoms with Crippen LogP contribution in [0.25, 0.3) is 5.57 Å². The van der Waals surface area contributed by atoms with Crippen LogP contribution in [-0.4, -0.2) is 34.7 Å². The van der Waals surface area contributed by atoms with Crippen molar-refractivity contribution in [2.45, 2.75) is 26.3 Å². The van der Waals surface area contributed by atoms with Crippen LogP contribution in [0.5, 0.6) is 0 Å². The standard InChI is InChI=1S/C19H20N2O3S/c1-13-6-8-20(9-7-13)17-16(15-5-3-11-25-15)18(22)21(19(17)23)12-14-4-2-10-24-14/h2-5,10-11,13H,6-9,12H2,1H3. The Labute approximate surface area is 150 Å². The summed E-state index contributed by atoms with van der Waals surface area (Å²) in [6, 6.07) is 7.37. The van der Waals surface area contributed by atoms with Gasteiger partial charge in [-0.25, -0.2) is 0 Å². The zero-order chi connectivity index (χ0) is 17.4. The summed E-state index contributed by atoms with van der Waals surface area (Å²) in [6.07, 6.45) is 3.64. The summed E-state index contributed by atoms with van der Waals surface area (Å²) in [5.41, 5.74) is 1.10. The Morgan fingerprint density at radius 1 is 1.16 bits per heavy atom. The monoisotopic (exact) mass is 356 g/mol. The number of nitrogens with zero attached hydrogens (tertiary/aromatic N) is 2. The van der Waals surface area contributed by atoms with Crippen LogP contribution in [0, 0.1) is 5.92 Å². The second kappa shape index (κ2) is 6.52. The predicted molar refractivity (Wildman–Crippen MR) is 95.5 cm³/mol. The van der Waals surface area contributed by atoms with E-state index in [-0.39, 0.29) is 18.4 Å². The van der Waals surface area contributed by atoms with E-state index >= 15 is 0 Å². The number of hydrogen-bond acceptors (Lipinski definition) is 5. The van der Waals surface area contributed by atoms with Gasteiger partial charge >= 0.3 is 0 Å². The lowest BCUT2D eigenvalue weighted by atomic mass is 9.98. The molecule has 2 aromatic rings. The molecule has 4 heterocycles. The second-order valence-electron chi connectivity index (χ2n) is 6.65. The first kappa shape index (κ1) is 16.1. The molecule has 0 spiro atoms. The van der Waals surface area contributed by atoms with Crippen LogP contribution >= 0.6 is 11.3 Å². The van der Waals surface area contributed by atoms with Crippen molar-refractivity contribution in [3.63, 3.8) is 0 Å². The van der Waals surface area contributed by atoms with Crippen LogP contribution in [0.3, 0.4) is 0 Å². The van der Waals surface area contributed by atoms with E-state index in [0.29, 0.717) is 22.9 Å². The molecule has 130 valence electrons. The summed E-state index contributed by atoms with van der Waals surface area (Å²) < 4.78 is 5.34. The van der Waals surface area contributed by atoms with E-state index in [2.05, 4.69) is 11.8 Å². The van der Waals surface area contributed by atoms with E-state index < -0.39 is 0 Å². The summed E-state index contributed by atoms with van der Waals surface area (Å²) in [5.74, 6) is 0.839. The Morgan fingerprint density at radius 3 is 2.60 bits per heavy atom.